The number of methoxy groups -OCH3 is 1. The zero-order chi connectivity index (χ0) is 12.7. The minimum Gasteiger partial charge on any atom is -0.383 e. The van der Waals surface area contributed by atoms with Gasteiger partial charge in [0.25, 0.3) is 0 Å². The summed E-state index contributed by atoms with van der Waals surface area (Å²) in [6.07, 6.45) is 0.431. The molecule has 6 heteroatoms. The van der Waals surface area contributed by atoms with Crippen molar-refractivity contribution in [3.05, 3.63) is 11.4 Å². The first kappa shape index (κ1) is 13.3. The highest BCUT2D eigenvalue weighted by atomic mass is 16.5. The Morgan fingerprint density at radius 3 is 2.59 bits per heavy atom. The summed E-state index contributed by atoms with van der Waals surface area (Å²) in [5.41, 5.74) is 1.68. The van der Waals surface area contributed by atoms with E-state index in [1.54, 1.807) is 7.11 Å². The van der Waals surface area contributed by atoms with Gasteiger partial charge in [-0.25, -0.2) is 4.98 Å². The Kier molecular flexibility index (Phi) is 5.30. The van der Waals surface area contributed by atoms with Crippen molar-refractivity contribution in [3.63, 3.8) is 0 Å². The first-order chi connectivity index (χ1) is 8.19. The van der Waals surface area contributed by atoms with Gasteiger partial charge in [-0.3, -0.25) is 0 Å². The molecular formula is C11H17N5O. The standard InChI is InChI=1S/C11H17N5O/c1-9-10(2)14-15-11(13-9)16(6-4-5-12)7-8-17-3/h4,6-8H2,1-3H3. The van der Waals surface area contributed by atoms with Crippen LogP contribution in [-0.2, 0) is 4.74 Å². The third-order valence-corrected chi connectivity index (χ3v) is 2.42. The molecule has 0 spiro atoms. The second-order valence-corrected chi connectivity index (χ2v) is 3.67. The van der Waals surface area contributed by atoms with Gasteiger partial charge in [0.05, 0.1) is 30.5 Å². The van der Waals surface area contributed by atoms with E-state index in [1.165, 1.54) is 0 Å². The van der Waals surface area contributed by atoms with E-state index < -0.39 is 0 Å². The maximum absolute atomic E-state index is 8.62. The molecule has 6 nitrogen and oxygen atoms in total. The van der Waals surface area contributed by atoms with E-state index in [1.807, 2.05) is 18.7 Å². The molecule has 1 aromatic rings. The van der Waals surface area contributed by atoms with E-state index >= 15 is 0 Å². The molecule has 0 atom stereocenters. The lowest BCUT2D eigenvalue weighted by molar-refractivity contribution is 0.205. The van der Waals surface area contributed by atoms with E-state index in [4.69, 9.17) is 10.00 Å². The van der Waals surface area contributed by atoms with Crippen molar-refractivity contribution in [2.24, 2.45) is 0 Å². The van der Waals surface area contributed by atoms with Crippen LogP contribution in [0.15, 0.2) is 0 Å². The van der Waals surface area contributed by atoms with E-state index in [9.17, 15) is 0 Å². The first-order valence-corrected chi connectivity index (χ1v) is 5.47. The van der Waals surface area contributed by atoms with Gasteiger partial charge in [-0.05, 0) is 13.8 Å². The average molecular weight is 235 g/mol. The van der Waals surface area contributed by atoms with Crippen LogP contribution in [0.4, 0.5) is 5.95 Å². The number of hydrogen-bond acceptors (Lipinski definition) is 6. The van der Waals surface area contributed by atoms with Gasteiger partial charge in [0.1, 0.15) is 0 Å². The van der Waals surface area contributed by atoms with Crippen molar-refractivity contribution in [1.82, 2.24) is 15.2 Å². The third kappa shape index (κ3) is 3.96. The van der Waals surface area contributed by atoms with Crippen molar-refractivity contribution < 1.29 is 4.74 Å². The largest absolute Gasteiger partial charge is 0.383 e. The number of hydrogen-bond donors (Lipinski definition) is 0. The summed E-state index contributed by atoms with van der Waals surface area (Å²) in [4.78, 5) is 6.28. The molecular weight excluding hydrogens is 218 g/mol. The van der Waals surface area contributed by atoms with Crippen LogP contribution in [-0.4, -0.2) is 42.0 Å². The van der Waals surface area contributed by atoms with E-state index in [-0.39, 0.29) is 0 Å². The predicted molar refractivity (Wildman–Crippen MR) is 63.6 cm³/mol. The van der Waals surface area contributed by atoms with Crippen LogP contribution in [0, 0.1) is 25.2 Å². The van der Waals surface area contributed by atoms with Crippen LogP contribution < -0.4 is 4.90 Å². The fourth-order valence-electron chi connectivity index (χ4n) is 1.28. The molecule has 17 heavy (non-hydrogen) atoms. The third-order valence-electron chi connectivity index (χ3n) is 2.42. The van der Waals surface area contributed by atoms with Crippen molar-refractivity contribution >= 4 is 5.95 Å². The molecule has 0 saturated carbocycles. The first-order valence-electron chi connectivity index (χ1n) is 5.47. The molecule has 0 saturated heterocycles. The lowest BCUT2D eigenvalue weighted by atomic mass is 10.3. The van der Waals surface area contributed by atoms with Gasteiger partial charge in [-0.15, -0.1) is 5.10 Å². The number of nitriles is 1. The summed E-state index contributed by atoms with van der Waals surface area (Å²) in [7, 11) is 1.64. The molecule has 0 radical (unpaired) electrons. The van der Waals surface area contributed by atoms with E-state index in [2.05, 4.69) is 21.3 Å². The van der Waals surface area contributed by atoms with Crippen molar-refractivity contribution in [1.29, 1.82) is 5.26 Å². The second kappa shape index (κ2) is 6.76. The summed E-state index contributed by atoms with van der Waals surface area (Å²) in [5.74, 6) is 0.556. The van der Waals surface area contributed by atoms with Gasteiger partial charge >= 0.3 is 0 Å². The predicted octanol–water partition coefficient (Wildman–Crippen LogP) is 0.855. The molecule has 1 aromatic heterocycles. The average Bonchev–Trinajstić information content (AvgIpc) is 2.33. The Morgan fingerprint density at radius 2 is 2.00 bits per heavy atom. The second-order valence-electron chi connectivity index (χ2n) is 3.67. The minimum absolute atomic E-state index is 0.431. The molecule has 0 aliphatic heterocycles. The zero-order valence-corrected chi connectivity index (χ0v) is 10.5. The molecule has 1 rings (SSSR count). The molecule has 1 heterocycles. The van der Waals surface area contributed by atoms with Crippen molar-refractivity contribution in [3.8, 4) is 6.07 Å². The fraction of sp³-hybridized carbons (Fsp3) is 0.636. The van der Waals surface area contributed by atoms with Crippen LogP contribution in [0.2, 0.25) is 0 Å². The molecule has 0 bridgehead atoms. The van der Waals surface area contributed by atoms with Crippen LogP contribution in [0.25, 0.3) is 0 Å². The quantitative estimate of drug-likeness (QED) is 0.727. The lowest BCUT2D eigenvalue weighted by Gasteiger charge is -2.20. The van der Waals surface area contributed by atoms with Crippen LogP contribution in [0.1, 0.15) is 17.8 Å². The monoisotopic (exact) mass is 235 g/mol. The Bertz CT molecular complexity index is 401. The number of aromatic nitrogens is 3. The van der Waals surface area contributed by atoms with E-state index in [0.717, 1.165) is 11.4 Å². The Morgan fingerprint density at radius 1 is 1.24 bits per heavy atom. The summed E-state index contributed by atoms with van der Waals surface area (Å²) in [5, 5.41) is 16.7. The number of rotatable bonds is 6. The lowest BCUT2D eigenvalue weighted by Crippen LogP contribution is -2.30. The molecule has 0 aliphatic rings. The van der Waals surface area contributed by atoms with Gasteiger partial charge < -0.3 is 9.64 Å². The molecule has 0 aliphatic carbocycles. The highest BCUT2D eigenvalue weighted by Crippen LogP contribution is 2.08. The SMILES string of the molecule is COCCN(CCC#N)c1nnc(C)c(C)n1. The summed E-state index contributed by atoms with van der Waals surface area (Å²) < 4.78 is 5.03. The highest BCUT2D eigenvalue weighted by molar-refractivity contribution is 5.29. The topological polar surface area (TPSA) is 74.9 Å². The summed E-state index contributed by atoms with van der Waals surface area (Å²) >= 11 is 0. The van der Waals surface area contributed by atoms with Gasteiger partial charge in [-0.1, -0.05) is 0 Å². The van der Waals surface area contributed by atoms with Crippen LogP contribution in [0.3, 0.4) is 0 Å². The summed E-state index contributed by atoms with van der Waals surface area (Å²) in [6.45, 7) is 5.58. The highest BCUT2D eigenvalue weighted by Gasteiger charge is 2.10. The maximum Gasteiger partial charge on any atom is 0.245 e. The minimum atomic E-state index is 0.431. The van der Waals surface area contributed by atoms with E-state index in [0.29, 0.717) is 32.1 Å². The Balaban J connectivity index is 2.80. The van der Waals surface area contributed by atoms with Gasteiger partial charge in [-0.2, -0.15) is 10.4 Å². The Hall–Kier alpha value is -1.74. The number of anilines is 1. The summed E-state index contributed by atoms with van der Waals surface area (Å²) in [6, 6.07) is 2.11. The Labute approximate surface area is 101 Å². The zero-order valence-electron chi connectivity index (χ0n) is 10.5. The molecule has 0 unspecified atom stereocenters. The number of nitrogens with zero attached hydrogens (tertiary/aromatic N) is 5. The fourth-order valence-corrected chi connectivity index (χ4v) is 1.28. The molecule has 0 fully saturated rings. The normalized spacial score (nSPS) is 10.0. The van der Waals surface area contributed by atoms with Crippen LogP contribution >= 0.6 is 0 Å². The molecule has 0 amide bonds. The molecule has 0 N–H and O–H groups in total. The number of aryl methyl sites for hydroxylation is 2. The van der Waals surface area contributed by atoms with Crippen molar-refractivity contribution in [2.75, 3.05) is 31.7 Å². The number of ether oxygens (including phenoxy) is 1. The maximum atomic E-state index is 8.62. The van der Waals surface area contributed by atoms with Crippen LogP contribution in [0.5, 0.6) is 0 Å². The molecule has 92 valence electrons. The smallest absolute Gasteiger partial charge is 0.245 e. The molecule has 0 aromatic carbocycles. The van der Waals surface area contributed by atoms with Gasteiger partial charge in [0.2, 0.25) is 5.95 Å². The van der Waals surface area contributed by atoms with Gasteiger partial charge in [0.15, 0.2) is 0 Å². The van der Waals surface area contributed by atoms with Crippen molar-refractivity contribution in [2.45, 2.75) is 20.3 Å². The van der Waals surface area contributed by atoms with Gasteiger partial charge in [0, 0.05) is 20.2 Å².